The van der Waals surface area contributed by atoms with Gasteiger partial charge in [0.25, 0.3) is 0 Å². The van der Waals surface area contributed by atoms with Gasteiger partial charge in [0, 0.05) is 36.2 Å². The first-order valence-electron chi connectivity index (χ1n) is 21.8. The second-order valence-corrected chi connectivity index (χ2v) is 17.0. The summed E-state index contributed by atoms with van der Waals surface area (Å²) in [5.41, 5.74) is 17.3. The molecule has 6 aromatic rings. The molecular weight excluding hydrogens is 833 g/mol. The summed E-state index contributed by atoms with van der Waals surface area (Å²) >= 11 is 0. The summed E-state index contributed by atoms with van der Waals surface area (Å²) < 4.78 is 35.0. The van der Waals surface area contributed by atoms with Crippen LogP contribution < -0.4 is 18.9 Å². The van der Waals surface area contributed by atoms with Gasteiger partial charge >= 0.3 is 18.1 Å². The van der Waals surface area contributed by atoms with Gasteiger partial charge < -0.3 is 28.4 Å². The summed E-state index contributed by atoms with van der Waals surface area (Å²) in [4.78, 5) is 39.2. The Balaban J connectivity index is 0.000000636. The monoisotopic (exact) mass is 880 g/mol. The maximum atomic E-state index is 13.3. The van der Waals surface area contributed by atoms with E-state index in [4.69, 9.17) is 33.3 Å². The van der Waals surface area contributed by atoms with Gasteiger partial charge in [-0.15, -0.1) is 0 Å². The molecule has 0 fully saturated rings. The molecule has 6 aromatic carbocycles. The van der Waals surface area contributed by atoms with Gasteiger partial charge in [-0.25, -0.2) is 4.79 Å². The summed E-state index contributed by atoms with van der Waals surface area (Å²) in [5, 5.41) is 0. The number of hydrogen-bond donors (Lipinski definition) is 0. The first-order chi connectivity index (χ1) is 32.1. The maximum absolute atomic E-state index is 13.3. The predicted octanol–water partition coefficient (Wildman–Crippen LogP) is 10.5. The Morgan fingerprint density at radius 2 is 0.833 bits per heavy atom. The van der Waals surface area contributed by atoms with Crippen LogP contribution in [0, 0.1) is 0 Å². The van der Waals surface area contributed by atoms with Crippen molar-refractivity contribution in [2.24, 2.45) is 0 Å². The number of benzene rings is 6. The molecule has 0 radical (unpaired) electrons. The number of esters is 2. The summed E-state index contributed by atoms with van der Waals surface area (Å²) in [5.74, 6) is 2.82. The number of carbonyl (C=O) groups excluding carboxylic acids is 4. The molecule has 0 spiro atoms. The van der Waals surface area contributed by atoms with Crippen molar-refractivity contribution in [3.8, 4) is 23.0 Å². The van der Waals surface area contributed by atoms with Crippen molar-refractivity contribution < 1.29 is 47.6 Å². The van der Waals surface area contributed by atoms with Crippen LogP contribution >= 0.6 is 0 Å². The molecule has 22 aliphatic rings. The van der Waals surface area contributed by atoms with E-state index in [0.717, 1.165) is 67.5 Å². The Hall–Kier alpha value is -7.68. The van der Waals surface area contributed by atoms with E-state index in [9.17, 15) is 9.59 Å². The minimum atomic E-state index is -0.292. The fraction of sp³-hybridized carbons (Fsp3) is 0.232. The highest BCUT2D eigenvalue weighted by atomic mass is 16.5. The normalized spacial score (nSPS) is 18.8. The van der Waals surface area contributed by atoms with E-state index in [-0.39, 0.29) is 41.8 Å². The van der Waals surface area contributed by atoms with Crippen molar-refractivity contribution in [1.82, 2.24) is 0 Å². The highest BCUT2D eigenvalue weighted by Crippen LogP contribution is 2.57. The molecule has 0 saturated carbocycles. The lowest BCUT2D eigenvalue weighted by Gasteiger charge is -2.42. The number of allylic oxidation sites excluding steroid dienone is 3. The zero-order chi connectivity index (χ0) is 46.1. The fourth-order valence-electron chi connectivity index (χ4n) is 10.0. The average Bonchev–Trinajstić information content (AvgIpc) is 3.34. The van der Waals surface area contributed by atoms with E-state index >= 15 is 0 Å². The van der Waals surface area contributed by atoms with Gasteiger partial charge in [0.15, 0.2) is 0 Å². The highest BCUT2D eigenvalue weighted by Gasteiger charge is 2.45. The minimum Gasteiger partial charge on any atom is -0.489 e. The first kappa shape index (κ1) is 43.6. The molecule has 10 nitrogen and oxygen atoms in total. The Morgan fingerprint density at radius 1 is 0.485 bits per heavy atom. The van der Waals surface area contributed by atoms with Crippen molar-refractivity contribution >= 4 is 18.1 Å². The molecule has 10 heteroatoms. The van der Waals surface area contributed by atoms with Gasteiger partial charge in [-0.2, -0.15) is 9.59 Å². The predicted molar refractivity (Wildman–Crippen MR) is 245 cm³/mol. The number of rotatable bonds is 1. The molecule has 0 N–H and O–H groups in total. The Bertz CT molecular complexity index is 2960. The van der Waals surface area contributed by atoms with Crippen LogP contribution in [0.5, 0.6) is 23.0 Å². The summed E-state index contributed by atoms with van der Waals surface area (Å²) in [6, 6.07) is 42.6. The molecule has 2 unspecified atom stereocenters. The summed E-state index contributed by atoms with van der Waals surface area (Å²) in [6.07, 6.45) is 2.66. The van der Waals surface area contributed by atoms with Crippen molar-refractivity contribution in [3.05, 3.63) is 211 Å². The lowest BCUT2D eigenvalue weighted by molar-refractivity contribution is -0.191. The Morgan fingerprint density at radius 3 is 1.24 bits per heavy atom. The quantitative estimate of drug-likeness (QED) is 0.116. The number of ether oxygens (including phenoxy) is 6. The number of methoxy groups -OCH3 is 2. The standard InChI is InChI=1S/C52H42O6.C3H6O2.CO2/c1-29-20-43-39-16-12-36-22-45(39)48(29)40-17-13-35(21-44(40)43)55-25-31-4-6-34(7-5-31)28-58-38-14-18-41-47(24-38)51-42-19-15-37(57-27-33-10-8-32(9-11-33)26-56-36)23-46(42)49(41)30(2)50(51)52(53)54-3;1-3(4)5-2;2-1-3/h4-24,43,48-49,51H,25-28H2,1-3H3;1-2H3;/t43-,48?,49-,51?;;/m0../s1. The molecule has 20 bridgehead atoms. The molecule has 0 amide bonds. The highest BCUT2D eigenvalue weighted by molar-refractivity contribution is 5.95. The van der Waals surface area contributed by atoms with E-state index in [0.29, 0.717) is 32.0 Å². The van der Waals surface area contributed by atoms with Gasteiger partial charge in [0.2, 0.25) is 0 Å². The van der Waals surface area contributed by atoms with Crippen LogP contribution in [-0.4, -0.2) is 32.3 Å². The van der Waals surface area contributed by atoms with Gasteiger partial charge in [-0.05, 0) is 135 Å². The lowest BCUT2D eigenvalue weighted by Crippen LogP contribution is -2.31. The SMILES string of the molecule is COC(=O)C1=C(C)[C@H]2c3ccc4cc3C1c1ccc(cc12)OCc1ccc(cc1)COc1ccc2c(c1)C1C(C)=C[C@@H]2c2cc(ccc21)OCc1ccc(cc1)CO4.COC(C)=O.O=C=O. The molecule has 6 aliphatic carbocycles. The van der Waals surface area contributed by atoms with Gasteiger partial charge in [-0.3, -0.25) is 4.79 Å². The third kappa shape index (κ3) is 8.28. The van der Waals surface area contributed by atoms with E-state index in [2.05, 4.69) is 134 Å². The third-order valence-corrected chi connectivity index (χ3v) is 13.2. The van der Waals surface area contributed by atoms with Crippen LogP contribution in [0.1, 0.15) is 111 Å². The second kappa shape index (κ2) is 18.4. The van der Waals surface area contributed by atoms with Crippen molar-refractivity contribution in [2.45, 2.75) is 70.9 Å². The molecule has 0 aromatic heterocycles. The van der Waals surface area contributed by atoms with Crippen LogP contribution in [0.2, 0.25) is 0 Å². The number of carbonyl (C=O) groups is 2. The second-order valence-electron chi connectivity index (χ2n) is 17.0. The van der Waals surface area contributed by atoms with Crippen LogP contribution in [0.25, 0.3) is 0 Å². The van der Waals surface area contributed by atoms with E-state index in [1.165, 1.54) is 54.5 Å². The molecule has 28 rings (SSSR count). The molecule has 4 atom stereocenters. The average molecular weight is 881 g/mol. The zero-order valence-electron chi connectivity index (χ0n) is 37.3. The van der Waals surface area contributed by atoms with Gasteiger partial charge in [0.1, 0.15) is 49.4 Å². The van der Waals surface area contributed by atoms with E-state index in [1.807, 2.05) is 12.1 Å². The van der Waals surface area contributed by atoms with E-state index < -0.39 is 0 Å². The fourth-order valence-corrected chi connectivity index (χ4v) is 10.0. The summed E-state index contributed by atoms with van der Waals surface area (Å²) in [7, 11) is 2.81. The summed E-state index contributed by atoms with van der Waals surface area (Å²) in [6.45, 7) is 7.47. The van der Waals surface area contributed by atoms with E-state index in [1.54, 1.807) is 0 Å². The third-order valence-electron chi connectivity index (χ3n) is 13.2. The molecule has 16 aliphatic heterocycles. The smallest absolute Gasteiger partial charge is 0.373 e. The number of hydrogen-bond acceptors (Lipinski definition) is 10. The largest absolute Gasteiger partial charge is 0.489 e. The van der Waals surface area contributed by atoms with Crippen molar-refractivity contribution in [3.63, 3.8) is 0 Å². The first-order valence-corrected chi connectivity index (χ1v) is 21.8. The van der Waals surface area contributed by atoms with Crippen LogP contribution in [-0.2, 0) is 55.1 Å². The molecule has 332 valence electrons. The molecule has 16 heterocycles. The minimum absolute atomic E-state index is 0.0915. The van der Waals surface area contributed by atoms with Crippen molar-refractivity contribution in [1.29, 1.82) is 0 Å². The zero-order valence-corrected chi connectivity index (χ0v) is 37.3. The molecule has 66 heavy (non-hydrogen) atoms. The van der Waals surface area contributed by atoms with Gasteiger partial charge in [0.05, 0.1) is 14.2 Å². The van der Waals surface area contributed by atoms with Crippen LogP contribution in [0.15, 0.2) is 144 Å². The molecular formula is C56H48O10. The Kier molecular flexibility index (Phi) is 12.2. The van der Waals surface area contributed by atoms with Crippen LogP contribution in [0.4, 0.5) is 0 Å². The topological polar surface area (TPSA) is 124 Å². The maximum Gasteiger partial charge on any atom is 0.373 e. The van der Waals surface area contributed by atoms with Crippen LogP contribution in [0.3, 0.4) is 0 Å². The van der Waals surface area contributed by atoms with Crippen molar-refractivity contribution in [2.75, 3.05) is 14.2 Å². The van der Waals surface area contributed by atoms with Gasteiger partial charge in [-0.1, -0.05) is 84.4 Å². The lowest BCUT2D eigenvalue weighted by atomic mass is 9.61. The Labute approximate surface area is 383 Å². The molecule has 0 saturated heterocycles.